The van der Waals surface area contributed by atoms with Crippen molar-refractivity contribution in [3.8, 4) is 0 Å². The number of benzene rings is 1. The predicted molar refractivity (Wildman–Crippen MR) is 91.7 cm³/mol. The van der Waals surface area contributed by atoms with E-state index in [9.17, 15) is 0 Å². The van der Waals surface area contributed by atoms with E-state index >= 15 is 0 Å². The molecule has 1 N–H and O–H groups in total. The molecule has 1 unspecified atom stereocenters. The van der Waals surface area contributed by atoms with Crippen LogP contribution in [-0.4, -0.2) is 11.5 Å². The Morgan fingerprint density at radius 2 is 1.70 bits per heavy atom. The van der Waals surface area contributed by atoms with E-state index in [2.05, 4.69) is 82.8 Å². The van der Waals surface area contributed by atoms with E-state index in [0.717, 1.165) is 0 Å². The summed E-state index contributed by atoms with van der Waals surface area (Å²) in [5.41, 5.74) is 3.21. The molecule has 0 saturated carbocycles. The minimum atomic E-state index is -3.01. The minimum absolute atomic E-state index is 0.206. The molecule has 0 radical (unpaired) electrons. The van der Waals surface area contributed by atoms with E-state index in [1.165, 1.54) is 5.56 Å². The van der Waals surface area contributed by atoms with Crippen LogP contribution in [-0.2, 0) is 18.2 Å². The molecule has 0 fully saturated rings. The van der Waals surface area contributed by atoms with Crippen molar-refractivity contribution >= 4 is 12.0 Å². The van der Waals surface area contributed by atoms with Crippen molar-refractivity contribution in [2.75, 3.05) is 0 Å². The first kappa shape index (κ1) is 16.4. The summed E-state index contributed by atoms with van der Waals surface area (Å²) < 4.78 is 10.2. The van der Waals surface area contributed by atoms with Crippen LogP contribution in [0.3, 0.4) is 0 Å². The fourth-order valence-electron chi connectivity index (χ4n) is 3.79. The molecule has 1 atom stereocenters. The molecule has 3 heteroatoms. The van der Waals surface area contributed by atoms with Crippen LogP contribution in [0.15, 0.2) is 30.3 Å². The Kier molecular flexibility index (Phi) is 4.13. The van der Waals surface area contributed by atoms with E-state index in [4.69, 9.17) is 0 Å². The predicted octanol–water partition coefficient (Wildman–Crippen LogP) is 4.83. The standard InChI is InChI=1S/C9H7.C4H10N.C2H7Si.2CH3.Zr/c1-2-5-9-7-3-6-8(9)4-1;1-4(2,3)5;1-3-2;;;/h1-7H;5H,1-3H3;3H,1-2H3;2*1H3;/q;-1;;;;+1. The molecule has 0 amide bonds. The van der Waals surface area contributed by atoms with Gasteiger partial charge in [-0.05, 0) is 0 Å². The Bertz CT molecular complexity index is 540. The van der Waals surface area contributed by atoms with Gasteiger partial charge in [0.25, 0.3) is 0 Å². The summed E-state index contributed by atoms with van der Waals surface area (Å²) in [6, 6.07) is 8.97. The van der Waals surface area contributed by atoms with Crippen molar-refractivity contribution < 1.29 is 18.2 Å². The summed E-state index contributed by atoms with van der Waals surface area (Å²) in [7, 11) is 0. The van der Waals surface area contributed by atoms with E-state index in [0.29, 0.717) is 3.63 Å². The van der Waals surface area contributed by atoms with Gasteiger partial charge < -0.3 is 0 Å². The van der Waals surface area contributed by atoms with Gasteiger partial charge in [0.05, 0.1) is 0 Å². The molecule has 1 aliphatic carbocycles. The van der Waals surface area contributed by atoms with E-state index < -0.39 is 24.2 Å². The molecule has 1 aromatic carbocycles. The number of hydrogen-bond donors (Lipinski definition) is 1. The number of hydrogen-bond acceptors (Lipinski definition) is 1. The Morgan fingerprint density at radius 1 is 1.10 bits per heavy atom. The molecule has 2 rings (SSSR count). The Hall–Kier alpha value is 0.0200. The number of allylic oxidation sites excluding steroid dienone is 1. The first-order valence-corrected chi connectivity index (χ1v) is 22.5. The maximum atomic E-state index is 4.21. The number of fused-ring (bicyclic) bond motifs is 1. The van der Waals surface area contributed by atoms with Gasteiger partial charge in [-0.3, -0.25) is 0 Å². The zero-order valence-corrected chi connectivity index (χ0v) is 17.7. The van der Waals surface area contributed by atoms with Crippen molar-refractivity contribution in [2.45, 2.75) is 52.3 Å². The maximum absolute atomic E-state index is 4.21. The molecule has 0 aromatic heterocycles. The second-order valence-electron chi connectivity index (χ2n) is 8.61. The summed E-state index contributed by atoms with van der Waals surface area (Å²) >= 11 is -3.01. The Labute approximate surface area is 127 Å². The van der Waals surface area contributed by atoms with Crippen molar-refractivity contribution in [1.82, 2.24) is 3.26 Å². The van der Waals surface area contributed by atoms with Gasteiger partial charge in [-0.15, -0.1) is 0 Å². The molecule has 0 saturated heterocycles. The summed E-state index contributed by atoms with van der Waals surface area (Å²) in [5.74, 6) is -0.780. The van der Waals surface area contributed by atoms with Gasteiger partial charge in [-0.2, -0.15) is 0 Å². The first-order chi connectivity index (χ1) is 9.03. The van der Waals surface area contributed by atoms with Crippen LogP contribution in [0, 0.1) is 0 Å². The van der Waals surface area contributed by atoms with Crippen molar-refractivity contribution in [1.29, 1.82) is 0 Å². The third kappa shape index (κ3) is 2.82. The summed E-state index contributed by atoms with van der Waals surface area (Å²) in [6.07, 6.45) is 4.85. The fraction of sp³-hybridized carbons (Fsp3) is 0.529. The molecule has 0 heterocycles. The SMILES string of the molecule is C[SiH](C)[Zr]([CH3])([CH3])([NH]C(C)(C)C)[CH]1C=Cc2ccccc21. The zero-order chi connectivity index (χ0) is 15.2. The second-order valence-corrected chi connectivity index (χ2v) is 44.9. The van der Waals surface area contributed by atoms with Gasteiger partial charge in [0.2, 0.25) is 0 Å². The van der Waals surface area contributed by atoms with Crippen LogP contribution >= 0.6 is 0 Å². The Morgan fingerprint density at radius 3 is 2.25 bits per heavy atom. The first-order valence-electron chi connectivity index (χ1n) is 7.80. The van der Waals surface area contributed by atoms with Gasteiger partial charge in [-0.25, -0.2) is 0 Å². The molecule has 1 aliphatic rings. The normalized spacial score (nSPS) is 20.8. The van der Waals surface area contributed by atoms with Crippen LogP contribution in [0.5, 0.6) is 0 Å². The van der Waals surface area contributed by atoms with Crippen LogP contribution in [0.25, 0.3) is 6.08 Å². The van der Waals surface area contributed by atoms with Crippen molar-refractivity contribution in [3.63, 3.8) is 0 Å². The molecule has 1 nitrogen and oxygen atoms in total. The average Bonchev–Trinajstić information content (AvgIpc) is 2.70. The van der Waals surface area contributed by atoms with Crippen molar-refractivity contribution in [2.24, 2.45) is 0 Å². The van der Waals surface area contributed by atoms with Crippen molar-refractivity contribution in [3.05, 3.63) is 41.5 Å². The number of rotatable bonds is 3. The van der Waals surface area contributed by atoms with Gasteiger partial charge >= 0.3 is 127 Å². The summed E-state index contributed by atoms with van der Waals surface area (Å²) in [5, 5.41) is 0. The average molecular weight is 368 g/mol. The third-order valence-electron chi connectivity index (χ3n) is 5.30. The molecule has 111 valence electrons. The molecule has 0 bridgehead atoms. The molecule has 0 aliphatic heterocycles. The van der Waals surface area contributed by atoms with Crippen LogP contribution < -0.4 is 3.26 Å². The van der Waals surface area contributed by atoms with Crippen LogP contribution in [0.2, 0.25) is 22.4 Å². The van der Waals surface area contributed by atoms with Gasteiger partial charge in [0.1, 0.15) is 0 Å². The van der Waals surface area contributed by atoms with Crippen LogP contribution in [0.1, 0.15) is 35.5 Å². The van der Waals surface area contributed by atoms with Crippen LogP contribution in [0.4, 0.5) is 0 Å². The molecule has 0 spiro atoms. The van der Waals surface area contributed by atoms with Gasteiger partial charge in [0, 0.05) is 0 Å². The molecule has 20 heavy (non-hydrogen) atoms. The quantitative estimate of drug-likeness (QED) is 0.755. The number of nitrogens with one attached hydrogen (secondary N) is 1. The topological polar surface area (TPSA) is 12.0 Å². The second kappa shape index (κ2) is 5.04. The monoisotopic (exact) mass is 366 g/mol. The summed E-state index contributed by atoms with van der Waals surface area (Å²) in [4.78, 5) is 0. The fourth-order valence-corrected chi connectivity index (χ4v) is 27.4. The zero-order valence-electron chi connectivity index (χ0n) is 14.1. The van der Waals surface area contributed by atoms with Gasteiger partial charge in [0.15, 0.2) is 0 Å². The molecular weight excluding hydrogens is 338 g/mol. The summed E-state index contributed by atoms with van der Waals surface area (Å²) in [6.45, 7) is 12.1. The third-order valence-corrected chi connectivity index (χ3v) is 47.8. The van der Waals surface area contributed by atoms with E-state index in [-0.39, 0.29) is 5.54 Å². The van der Waals surface area contributed by atoms with Gasteiger partial charge in [-0.1, -0.05) is 0 Å². The Balaban J connectivity index is 2.54. The van der Waals surface area contributed by atoms with E-state index in [1.54, 1.807) is 5.56 Å². The molecular formula is C17H30NSiZr. The van der Waals surface area contributed by atoms with E-state index in [1.807, 2.05) is 0 Å². The molecule has 1 aromatic rings.